The molecule has 1 unspecified atom stereocenters. The fourth-order valence-electron chi connectivity index (χ4n) is 1.34. The van der Waals surface area contributed by atoms with Gasteiger partial charge in [-0.1, -0.05) is 53.5 Å². The van der Waals surface area contributed by atoms with Crippen LogP contribution in [0.2, 0.25) is 5.02 Å². The second-order valence-electron chi connectivity index (χ2n) is 4.41. The molecule has 0 aliphatic rings. The maximum Gasteiger partial charge on any atom is 0.252 e. The summed E-state index contributed by atoms with van der Waals surface area (Å²) in [4.78, 5) is 12.2. The highest BCUT2D eigenvalue weighted by Gasteiger charge is 2.14. The Balaban J connectivity index is 2.68. The van der Waals surface area contributed by atoms with Crippen molar-refractivity contribution in [2.24, 2.45) is 5.92 Å². The molecule has 17 heavy (non-hydrogen) atoms. The van der Waals surface area contributed by atoms with Crippen LogP contribution in [0.15, 0.2) is 18.2 Å². The van der Waals surface area contributed by atoms with E-state index in [1.807, 2.05) is 19.1 Å². The maximum atomic E-state index is 11.9. The third-order valence-corrected chi connectivity index (χ3v) is 4.50. The van der Waals surface area contributed by atoms with Gasteiger partial charge < -0.3 is 5.32 Å². The van der Waals surface area contributed by atoms with Crippen molar-refractivity contribution in [3.8, 4) is 0 Å². The fourth-order valence-corrected chi connectivity index (χ4v) is 1.72. The van der Waals surface area contributed by atoms with Crippen LogP contribution in [-0.2, 0) is 0 Å². The summed E-state index contributed by atoms with van der Waals surface area (Å²) in [7, 11) is 0. The van der Waals surface area contributed by atoms with E-state index in [1.165, 1.54) is 0 Å². The van der Waals surface area contributed by atoms with Gasteiger partial charge >= 0.3 is 0 Å². The zero-order valence-corrected chi connectivity index (χ0v) is 12.6. The first-order chi connectivity index (χ1) is 7.93. The minimum absolute atomic E-state index is 0.121. The van der Waals surface area contributed by atoms with Crippen LogP contribution in [0.1, 0.15) is 29.8 Å². The van der Waals surface area contributed by atoms with Crippen molar-refractivity contribution in [3.05, 3.63) is 34.3 Å². The second-order valence-corrected chi connectivity index (χ2v) is 5.96. The van der Waals surface area contributed by atoms with Crippen LogP contribution >= 0.6 is 27.5 Å². The molecule has 1 atom stereocenters. The number of benzene rings is 1. The summed E-state index contributed by atoms with van der Waals surface area (Å²) < 4.78 is 0. The predicted molar refractivity (Wildman–Crippen MR) is 76.1 cm³/mol. The smallest absolute Gasteiger partial charge is 0.252 e. The molecule has 0 aromatic heterocycles. The number of aryl methyl sites for hydroxylation is 1. The lowest BCUT2D eigenvalue weighted by atomic mass is 10.1. The molecule has 1 aromatic carbocycles. The molecule has 0 spiro atoms. The second kappa shape index (κ2) is 6.41. The monoisotopic (exact) mass is 317 g/mol. The molecule has 0 fully saturated rings. The Morgan fingerprint density at radius 1 is 1.47 bits per heavy atom. The number of nitrogens with one attached hydrogen (secondary N) is 1. The molecule has 1 N–H and O–H groups in total. The number of hydrogen-bond acceptors (Lipinski definition) is 1. The van der Waals surface area contributed by atoms with E-state index < -0.39 is 0 Å². The van der Waals surface area contributed by atoms with E-state index in [0.717, 1.165) is 5.56 Å². The zero-order valence-electron chi connectivity index (χ0n) is 10.3. The molecular formula is C13H17BrClNO. The van der Waals surface area contributed by atoms with Crippen LogP contribution < -0.4 is 5.32 Å². The molecule has 2 nitrogen and oxygen atoms in total. The minimum Gasteiger partial charge on any atom is -0.351 e. The van der Waals surface area contributed by atoms with E-state index in [0.29, 0.717) is 23.0 Å². The summed E-state index contributed by atoms with van der Waals surface area (Å²) in [5, 5.41) is 3.41. The van der Waals surface area contributed by atoms with Gasteiger partial charge in [-0.3, -0.25) is 4.79 Å². The Morgan fingerprint density at radius 3 is 2.71 bits per heavy atom. The van der Waals surface area contributed by atoms with Gasteiger partial charge in [-0.05, 0) is 24.5 Å². The van der Waals surface area contributed by atoms with Gasteiger partial charge in [0.15, 0.2) is 0 Å². The molecule has 0 aliphatic heterocycles. The van der Waals surface area contributed by atoms with Crippen LogP contribution in [0.3, 0.4) is 0 Å². The molecule has 1 aromatic rings. The van der Waals surface area contributed by atoms with E-state index in [9.17, 15) is 4.79 Å². The van der Waals surface area contributed by atoms with Crippen molar-refractivity contribution in [1.29, 1.82) is 0 Å². The molecular weight excluding hydrogens is 302 g/mol. The van der Waals surface area contributed by atoms with Crippen molar-refractivity contribution in [2.45, 2.75) is 25.6 Å². The van der Waals surface area contributed by atoms with E-state index in [-0.39, 0.29) is 10.7 Å². The van der Waals surface area contributed by atoms with E-state index in [4.69, 9.17) is 11.6 Å². The quantitative estimate of drug-likeness (QED) is 0.841. The summed E-state index contributed by atoms with van der Waals surface area (Å²) in [6.07, 6.45) is 0. The lowest BCUT2D eigenvalue weighted by molar-refractivity contribution is 0.0953. The predicted octanol–water partition coefficient (Wildman–Crippen LogP) is 3.80. The van der Waals surface area contributed by atoms with Crippen LogP contribution in [0.4, 0.5) is 0 Å². The number of rotatable bonds is 4. The van der Waals surface area contributed by atoms with Crippen LogP contribution in [-0.4, -0.2) is 17.3 Å². The average Bonchev–Trinajstić information content (AvgIpc) is 2.29. The van der Waals surface area contributed by atoms with Crippen LogP contribution in [0, 0.1) is 12.8 Å². The highest BCUT2D eigenvalue weighted by atomic mass is 79.9. The largest absolute Gasteiger partial charge is 0.351 e. The summed E-state index contributed by atoms with van der Waals surface area (Å²) in [5.74, 6) is 0.354. The normalized spacial score (nSPS) is 12.6. The number of carbonyl (C=O) groups is 1. The van der Waals surface area contributed by atoms with Crippen molar-refractivity contribution in [1.82, 2.24) is 5.32 Å². The van der Waals surface area contributed by atoms with Gasteiger partial charge in [0.05, 0.1) is 10.6 Å². The minimum atomic E-state index is -0.121. The van der Waals surface area contributed by atoms with E-state index in [1.54, 1.807) is 6.07 Å². The SMILES string of the molecule is Cc1cccc(C(=O)NCC(Br)C(C)C)c1Cl. The maximum absolute atomic E-state index is 11.9. The highest BCUT2D eigenvalue weighted by Crippen LogP contribution is 2.20. The Morgan fingerprint density at radius 2 is 2.12 bits per heavy atom. The average molecular weight is 319 g/mol. The first kappa shape index (κ1) is 14.5. The lowest BCUT2D eigenvalue weighted by Crippen LogP contribution is -2.31. The standard InChI is InChI=1S/C13H17BrClNO/c1-8(2)11(14)7-16-13(17)10-6-4-5-9(3)12(10)15/h4-6,8,11H,7H2,1-3H3,(H,16,17). The van der Waals surface area contributed by atoms with E-state index >= 15 is 0 Å². The molecule has 4 heteroatoms. The van der Waals surface area contributed by atoms with Gasteiger partial charge in [-0.15, -0.1) is 0 Å². The first-order valence-electron chi connectivity index (χ1n) is 5.61. The van der Waals surface area contributed by atoms with Crippen molar-refractivity contribution >= 4 is 33.4 Å². The number of carbonyl (C=O) groups excluding carboxylic acids is 1. The van der Waals surface area contributed by atoms with Gasteiger partial charge in [0, 0.05) is 11.4 Å². The van der Waals surface area contributed by atoms with Gasteiger partial charge in [0.25, 0.3) is 5.91 Å². The van der Waals surface area contributed by atoms with Crippen molar-refractivity contribution < 1.29 is 4.79 Å². The number of amides is 1. The zero-order chi connectivity index (χ0) is 13.0. The van der Waals surface area contributed by atoms with Gasteiger partial charge in [0.1, 0.15) is 0 Å². The summed E-state index contributed by atoms with van der Waals surface area (Å²) in [6, 6.07) is 5.47. The Hall–Kier alpha value is -0.540. The first-order valence-corrected chi connectivity index (χ1v) is 6.90. The fraction of sp³-hybridized carbons (Fsp3) is 0.462. The number of alkyl halides is 1. The molecule has 0 saturated carbocycles. The van der Waals surface area contributed by atoms with Crippen molar-refractivity contribution in [2.75, 3.05) is 6.54 Å². The van der Waals surface area contributed by atoms with Crippen molar-refractivity contribution in [3.63, 3.8) is 0 Å². The molecule has 0 saturated heterocycles. The van der Waals surface area contributed by atoms with Crippen LogP contribution in [0.5, 0.6) is 0 Å². The van der Waals surface area contributed by atoms with Gasteiger partial charge in [-0.2, -0.15) is 0 Å². The molecule has 1 rings (SSSR count). The Labute approximate surface area is 116 Å². The summed E-state index contributed by atoms with van der Waals surface area (Å²) >= 11 is 9.62. The molecule has 0 heterocycles. The molecule has 94 valence electrons. The third-order valence-electron chi connectivity index (χ3n) is 2.62. The van der Waals surface area contributed by atoms with Crippen LogP contribution in [0.25, 0.3) is 0 Å². The molecule has 1 amide bonds. The van der Waals surface area contributed by atoms with Gasteiger partial charge in [0.2, 0.25) is 0 Å². The summed E-state index contributed by atoms with van der Waals surface area (Å²) in [5.41, 5.74) is 1.45. The number of halogens is 2. The lowest BCUT2D eigenvalue weighted by Gasteiger charge is -2.15. The Kier molecular flexibility index (Phi) is 5.47. The summed E-state index contributed by atoms with van der Waals surface area (Å²) in [6.45, 7) is 6.69. The topological polar surface area (TPSA) is 29.1 Å². The highest BCUT2D eigenvalue weighted by molar-refractivity contribution is 9.09. The third kappa shape index (κ3) is 4.00. The molecule has 0 bridgehead atoms. The Bertz CT molecular complexity index is 406. The molecule has 0 radical (unpaired) electrons. The number of hydrogen-bond donors (Lipinski definition) is 1. The molecule has 0 aliphatic carbocycles. The van der Waals surface area contributed by atoms with E-state index in [2.05, 4.69) is 35.1 Å². The van der Waals surface area contributed by atoms with Gasteiger partial charge in [-0.25, -0.2) is 0 Å².